The first-order valence-corrected chi connectivity index (χ1v) is 6.23. The molecule has 0 aliphatic carbocycles. The van der Waals surface area contributed by atoms with E-state index in [1.165, 1.54) is 0 Å². The fourth-order valence-electron chi connectivity index (χ4n) is 1.54. The van der Waals surface area contributed by atoms with Gasteiger partial charge in [0, 0.05) is 30.8 Å². The second kappa shape index (κ2) is 6.89. The maximum atomic E-state index is 12.0. The molecule has 0 saturated heterocycles. The Labute approximate surface area is 113 Å². The molecule has 2 atom stereocenters. The minimum absolute atomic E-state index is 0.0136. The molecule has 0 aromatic heterocycles. The summed E-state index contributed by atoms with van der Waals surface area (Å²) in [6.45, 7) is 3.70. The van der Waals surface area contributed by atoms with Crippen molar-refractivity contribution in [2.45, 2.75) is 19.9 Å². The molecular formula is C14H20N2O3. The molecule has 2 amide bonds. The summed E-state index contributed by atoms with van der Waals surface area (Å²) in [5, 5.41) is 14.3. The molecule has 0 aliphatic rings. The van der Waals surface area contributed by atoms with Gasteiger partial charge in [0.1, 0.15) is 0 Å². The van der Waals surface area contributed by atoms with Crippen LogP contribution >= 0.6 is 0 Å². The van der Waals surface area contributed by atoms with E-state index in [0.717, 1.165) is 0 Å². The zero-order valence-corrected chi connectivity index (χ0v) is 11.4. The van der Waals surface area contributed by atoms with Gasteiger partial charge in [-0.3, -0.25) is 9.59 Å². The Balaban J connectivity index is 2.80. The molecule has 0 fully saturated rings. The SMILES string of the molecule is CNC(=O)c1cccc(C(=O)NC(C)C(C)CO)c1. The molecule has 2 unspecified atom stereocenters. The lowest BCUT2D eigenvalue weighted by Crippen LogP contribution is -2.38. The molecule has 0 saturated carbocycles. The smallest absolute Gasteiger partial charge is 0.251 e. The van der Waals surface area contributed by atoms with Gasteiger partial charge in [-0.2, -0.15) is 0 Å². The molecule has 5 heteroatoms. The van der Waals surface area contributed by atoms with Crippen molar-refractivity contribution >= 4 is 11.8 Å². The number of amides is 2. The summed E-state index contributed by atoms with van der Waals surface area (Å²) < 4.78 is 0. The van der Waals surface area contributed by atoms with Crippen LogP contribution in [0.25, 0.3) is 0 Å². The number of rotatable bonds is 5. The number of hydrogen-bond acceptors (Lipinski definition) is 3. The van der Waals surface area contributed by atoms with Gasteiger partial charge in [-0.25, -0.2) is 0 Å². The van der Waals surface area contributed by atoms with Gasteiger partial charge in [-0.05, 0) is 31.0 Å². The van der Waals surface area contributed by atoms with Crippen LogP contribution in [-0.2, 0) is 0 Å². The highest BCUT2D eigenvalue weighted by atomic mass is 16.3. The fraction of sp³-hybridized carbons (Fsp3) is 0.429. The van der Waals surface area contributed by atoms with Crippen molar-refractivity contribution in [1.82, 2.24) is 10.6 Å². The van der Waals surface area contributed by atoms with Crippen LogP contribution in [0.2, 0.25) is 0 Å². The van der Waals surface area contributed by atoms with Crippen molar-refractivity contribution in [2.75, 3.05) is 13.7 Å². The third-order valence-electron chi connectivity index (χ3n) is 3.11. The van der Waals surface area contributed by atoms with Gasteiger partial charge in [0.25, 0.3) is 11.8 Å². The van der Waals surface area contributed by atoms with Gasteiger partial charge >= 0.3 is 0 Å². The molecule has 0 radical (unpaired) electrons. The van der Waals surface area contributed by atoms with Crippen molar-refractivity contribution < 1.29 is 14.7 Å². The second-order valence-corrected chi connectivity index (χ2v) is 4.58. The van der Waals surface area contributed by atoms with Crippen molar-refractivity contribution in [2.24, 2.45) is 5.92 Å². The molecule has 19 heavy (non-hydrogen) atoms. The van der Waals surface area contributed by atoms with E-state index in [2.05, 4.69) is 10.6 Å². The average Bonchev–Trinajstić information content (AvgIpc) is 2.45. The highest BCUT2D eigenvalue weighted by Crippen LogP contribution is 2.07. The molecule has 0 aliphatic heterocycles. The van der Waals surface area contributed by atoms with E-state index in [-0.39, 0.29) is 30.4 Å². The van der Waals surface area contributed by atoms with Gasteiger partial charge in [0.05, 0.1) is 0 Å². The Morgan fingerprint density at radius 1 is 1.21 bits per heavy atom. The Bertz CT molecular complexity index is 460. The van der Waals surface area contributed by atoms with Gasteiger partial charge in [-0.1, -0.05) is 13.0 Å². The van der Waals surface area contributed by atoms with E-state index < -0.39 is 0 Å². The van der Waals surface area contributed by atoms with Gasteiger partial charge in [0.15, 0.2) is 0 Å². The number of aliphatic hydroxyl groups excluding tert-OH is 1. The first-order chi connectivity index (χ1) is 8.99. The summed E-state index contributed by atoms with van der Waals surface area (Å²) in [5.41, 5.74) is 0.871. The summed E-state index contributed by atoms with van der Waals surface area (Å²) in [7, 11) is 1.54. The summed E-state index contributed by atoms with van der Waals surface area (Å²) in [6.07, 6.45) is 0. The maximum Gasteiger partial charge on any atom is 0.251 e. The van der Waals surface area contributed by atoms with Crippen LogP contribution in [0.15, 0.2) is 24.3 Å². The molecule has 5 nitrogen and oxygen atoms in total. The fourth-order valence-corrected chi connectivity index (χ4v) is 1.54. The lowest BCUT2D eigenvalue weighted by molar-refractivity contribution is 0.0916. The standard InChI is InChI=1S/C14H20N2O3/c1-9(8-17)10(2)16-14(19)12-6-4-5-11(7-12)13(18)15-3/h4-7,9-10,17H,8H2,1-3H3,(H,15,18)(H,16,19). The van der Waals surface area contributed by atoms with Gasteiger partial charge < -0.3 is 15.7 Å². The minimum atomic E-state index is -0.251. The minimum Gasteiger partial charge on any atom is -0.396 e. The topological polar surface area (TPSA) is 78.4 Å². The molecule has 1 rings (SSSR count). The lowest BCUT2D eigenvalue weighted by atomic mass is 10.0. The highest BCUT2D eigenvalue weighted by Gasteiger charge is 2.15. The normalized spacial score (nSPS) is 13.5. The summed E-state index contributed by atoms with van der Waals surface area (Å²) in [5.74, 6) is -0.504. The van der Waals surface area contributed by atoms with Crippen molar-refractivity contribution in [3.05, 3.63) is 35.4 Å². The maximum absolute atomic E-state index is 12.0. The Morgan fingerprint density at radius 3 is 2.32 bits per heavy atom. The predicted octanol–water partition coefficient (Wildman–Crippen LogP) is 0.793. The number of aliphatic hydroxyl groups is 1. The van der Waals surface area contributed by atoms with E-state index in [1.807, 2.05) is 13.8 Å². The summed E-state index contributed by atoms with van der Waals surface area (Å²) in [6, 6.07) is 6.37. The molecular weight excluding hydrogens is 244 g/mol. The van der Waals surface area contributed by atoms with Crippen LogP contribution in [0, 0.1) is 5.92 Å². The Morgan fingerprint density at radius 2 is 1.79 bits per heavy atom. The zero-order chi connectivity index (χ0) is 14.4. The predicted molar refractivity (Wildman–Crippen MR) is 73.0 cm³/mol. The van der Waals surface area contributed by atoms with Crippen molar-refractivity contribution in [1.29, 1.82) is 0 Å². The van der Waals surface area contributed by atoms with Crippen LogP contribution in [0.5, 0.6) is 0 Å². The zero-order valence-electron chi connectivity index (χ0n) is 11.4. The molecule has 0 spiro atoms. The quantitative estimate of drug-likeness (QED) is 0.736. The van der Waals surface area contributed by atoms with Crippen LogP contribution in [-0.4, -0.2) is 36.6 Å². The number of nitrogens with one attached hydrogen (secondary N) is 2. The molecule has 1 aromatic carbocycles. The lowest BCUT2D eigenvalue weighted by Gasteiger charge is -2.19. The number of benzene rings is 1. The number of carbonyl (C=O) groups is 2. The monoisotopic (exact) mass is 264 g/mol. The van der Waals surface area contributed by atoms with E-state index in [4.69, 9.17) is 5.11 Å². The van der Waals surface area contributed by atoms with Crippen molar-refractivity contribution in [3.63, 3.8) is 0 Å². The summed E-state index contributed by atoms with van der Waals surface area (Å²) >= 11 is 0. The molecule has 3 N–H and O–H groups in total. The van der Waals surface area contributed by atoms with Gasteiger partial charge in [0.2, 0.25) is 0 Å². The Hall–Kier alpha value is -1.88. The summed E-state index contributed by atoms with van der Waals surface area (Å²) in [4.78, 5) is 23.5. The third kappa shape index (κ3) is 4.06. The van der Waals surface area contributed by atoms with E-state index in [9.17, 15) is 9.59 Å². The van der Waals surface area contributed by atoms with Crippen LogP contribution in [0.4, 0.5) is 0 Å². The number of carbonyl (C=O) groups excluding carboxylic acids is 2. The van der Waals surface area contributed by atoms with E-state index in [1.54, 1.807) is 31.3 Å². The first kappa shape index (κ1) is 15.2. The molecule has 0 heterocycles. The van der Waals surface area contributed by atoms with E-state index in [0.29, 0.717) is 11.1 Å². The number of hydrogen-bond donors (Lipinski definition) is 3. The highest BCUT2D eigenvalue weighted by molar-refractivity contribution is 5.99. The largest absolute Gasteiger partial charge is 0.396 e. The van der Waals surface area contributed by atoms with Gasteiger partial charge in [-0.15, -0.1) is 0 Å². The Kier molecular flexibility index (Phi) is 5.51. The van der Waals surface area contributed by atoms with Crippen LogP contribution in [0.3, 0.4) is 0 Å². The first-order valence-electron chi connectivity index (χ1n) is 6.23. The molecule has 1 aromatic rings. The third-order valence-corrected chi connectivity index (χ3v) is 3.11. The van der Waals surface area contributed by atoms with Crippen LogP contribution < -0.4 is 10.6 Å². The average molecular weight is 264 g/mol. The van der Waals surface area contributed by atoms with E-state index >= 15 is 0 Å². The molecule has 0 bridgehead atoms. The van der Waals surface area contributed by atoms with Crippen LogP contribution in [0.1, 0.15) is 34.6 Å². The second-order valence-electron chi connectivity index (χ2n) is 4.58. The molecule has 104 valence electrons. The van der Waals surface area contributed by atoms with Crippen molar-refractivity contribution in [3.8, 4) is 0 Å².